The lowest BCUT2D eigenvalue weighted by Crippen LogP contribution is -2.63. The number of nitrogens with zero attached hydrogens (tertiary/aromatic N) is 3. The molecule has 2 aromatic carbocycles. The quantitative estimate of drug-likeness (QED) is 0.353. The van der Waals surface area contributed by atoms with E-state index >= 15 is 0 Å². The molecule has 3 aromatic rings. The van der Waals surface area contributed by atoms with Gasteiger partial charge in [0.15, 0.2) is 0 Å². The van der Waals surface area contributed by atoms with Crippen LogP contribution in [0.25, 0.3) is 0 Å². The summed E-state index contributed by atoms with van der Waals surface area (Å²) >= 11 is 0. The van der Waals surface area contributed by atoms with Gasteiger partial charge < -0.3 is 14.4 Å². The number of aromatic nitrogens is 1. The predicted molar refractivity (Wildman–Crippen MR) is 150 cm³/mol. The van der Waals surface area contributed by atoms with Gasteiger partial charge >= 0.3 is 11.9 Å². The highest BCUT2D eigenvalue weighted by Crippen LogP contribution is 2.40. The first-order chi connectivity index (χ1) is 19.5. The fraction of sp³-hybridized carbons (Fsp3) is 0.375. The Labute approximate surface area is 234 Å². The second-order valence-electron chi connectivity index (χ2n) is 10.5. The predicted octanol–water partition coefficient (Wildman–Crippen LogP) is 4.36. The van der Waals surface area contributed by atoms with Crippen LogP contribution >= 0.6 is 0 Å². The number of likely N-dealkylation sites (tertiary alicyclic amines) is 1. The molecule has 0 spiro atoms. The Morgan fingerprint density at radius 3 is 2.20 bits per heavy atom. The van der Waals surface area contributed by atoms with E-state index in [9.17, 15) is 14.4 Å². The number of amides is 1. The van der Waals surface area contributed by atoms with Crippen molar-refractivity contribution in [2.45, 2.75) is 43.7 Å². The SMILES string of the molecule is COC(=O)C1(N(C(=O)C2CC2)c2ccccn2)CCN(CC(C(=O)OCc2ccccc2)c2ccccc2)CC1. The number of carbonyl (C=O) groups excluding carboxylic acids is 3. The Kier molecular flexibility index (Phi) is 8.55. The van der Waals surface area contributed by atoms with E-state index in [4.69, 9.17) is 9.47 Å². The largest absolute Gasteiger partial charge is 0.467 e. The minimum atomic E-state index is -1.16. The van der Waals surface area contributed by atoms with Gasteiger partial charge in [0, 0.05) is 31.7 Å². The molecule has 1 saturated heterocycles. The van der Waals surface area contributed by atoms with Gasteiger partial charge in [-0.15, -0.1) is 0 Å². The van der Waals surface area contributed by atoms with Gasteiger partial charge in [-0.1, -0.05) is 66.7 Å². The number of anilines is 1. The summed E-state index contributed by atoms with van der Waals surface area (Å²) in [6, 6.07) is 24.6. The third kappa shape index (κ3) is 6.07. The molecule has 1 unspecified atom stereocenters. The molecule has 0 radical (unpaired) electrons. The Balaban J connectivity index is 1.34. The zero-order valence-corrected chi connectivity index (χ0v) is 22.8. The van der Waals surface area contributed by atoms with Crippen LogP contribution in [0.4, 0.5) is 5.82 Å². The molecule has 8 heteroatoms. The maximum atomic E-state index is 13.6. The van der Waals surface area contributed by atoms with Crippen LogP contribution < -0.4 is 4.90 Å². The minimum absolute atomic E-state index is 0.0794. The molecule has 0 bridgehead atoms. The third-order valence-electron chi connectivity index (χ3n) is 7.85. The van der Waals surface area contributed by atoms with E-state index in [2.05, 4.69) is 9.88 Å². The van der Waals surface area contributed by atoms with E-state index < -0.39 is 17.4 Å². The normalized spacial score (nSPS) is 17.4. The molecule has 2 fully saturated rings. The van der Waals surface area contributed by atoms with Gasteiger partial charge in [0.25, 0.3) is 0 Å². The first-order valence-corrected chi connectivity index (χ1v) is 13.8. The number of esters is 2. The van der Waals surface area contributed by atoms with Crippen LogP contribution in [0.1, 0.15) is 42.7 Å². The molecular weight excluding hydrogens is 506 g/mol. The summed E-state index contributed by atoms with van der Waals surface area (Å²) in [5, 5.41) is 0. The maximum absolute atomic E-state index is 13.6. The third-order valence-corrected chi connectivity index (χ3v) is 7.85. The number of ether oxygens (including phenoxy) is 2. The number of methoxy groups -OCH3 is 1. The summed E-state index contributed by atoms with van der Waals surface area (Å²) in [4.78, 5) is 48.5. The van der Waals surface area contributed by atoms with E-state index in [1.807, 2.05) is 66.7 Å². The Morgan fingerprint density at radius 1 is 0.950 bits per heavy atom. The lowest BCUT2D eigenvalue weighted by atomic mass is 9.84. The van der Waals surface area contributed by atoms with Crippen molar-refractivity contribution >= 4 is 23.7 Å². The molecule has 2 aliphatic rings. The average molecular weight is 542 g/mol. The first kappa shape index (κ1) is 27.5. The molecule has 1 aliphatic carbocycles. The van der Waals surface area contributed by atoms with Crippen molar-refractivity contribution in [3.05, 3.63) is 96.2 Å². The van der Waals surface area contributed by atoms with Gasteiger partial charge in [0.05, 0.1) is 13.0 Å². The van der Waals surface area contributed by atoms with Crippen LogP contribution in [-0.2, 0) is 30.5 Å². The number of benzene rings is 2. The van der Waals surface area contributed by atoms with E-state index in [1.165, 1.54) is 7.11 Å². The highest BCUT2D eigenvalue weighted by atomic mass is 16.5. The molecular formula is C32H35N3O5. The van der Waals surface area contributed by atoms with Crippen LogP contribution in [0.15, 0.2) is 85.1 Å². The van der Waals surface area contributed by atoms with Crippen molar-refractivity contribution in [3.8, 4) is 0 Å². The Bertz CT molecular complexity index is 1290. The fourth-order valence-corrected chi connectivity index (χ4v) is 5.45. The van der Waals surface area contributed by atoms with Crippen LogP contribution in [-0.4, -0.2) is 60.0 Å². The van der Waals surface area contributed by atoms with E-state index in [1.54, 1.807) is 23.2 Å². The smallest absolute Gasteiger partial charge is 0.332 e. The zero-order chi connectivity index (χ0) is 28.0. The molecule has 208 valence electrons. The van der Waals surface area contributed by atoms with Crippen molar-refractivity contribution in [1.82, 2.24) is 9.88 Å². The standard InChI is InChI=1S/C32H35N3O5/c1-39-31(38)32(35(29(36)26-15-16-26)28-14-8-9-19-33-28)17-20-34(21-18-32)22-27(25-12-6-3-7-13-25)30(37)40-23-24-10-4-2-5-11-24/h2-14,19,26-27H,15-18,20-23H2,1H3. The van der Waals surface area contributed by atoms with Gasteiger partial charge in [-0.25, -0.2) is 9.78 Å². The molecule has 1 saturated carbocycles. The summed E-state index contributed by atoms with van der Waals surface area (Å²) in [6.07, 6.45) is 4.00. The second-order valence-corrected chi connectivity index (χ2v) is 10.5. The second kappa shape index (κ2) is 12.4. The highest BCUT2D eigenvalue weighted by molar-refractivity contribution is 6.03. The van der Waals surface area contributed by atoms with Gasteiger partial charge in [0.2, 0.25) is 5.91 Å². The number of carbonyl (C=O) groups is 3. The molecule has 2 heterocycles. The molecule has 1 amide bonds. The van der Waals surface area contributed by atoms with Crippen molar-refractivity contribution in [1.29, 1.82) is 0 Å². The van der Waals surface area contributed by atoms with Crippen LogP contribution in [0, 0.1) is 5.92 Å². The summed E-state index contributed by atoms with van der Waals surface area (Å²) in [6.45, 7) is 1.66. The number of rotatable bonds is 10. The van der Waals surface area contributed by atoms with Gasteiger partial charge in [0.1, 0.15) is 18.0 Å². The van der Waals surface area contributed by atoms with E-state index in [0.29, 0.717) is 38.3 Å². The number of hydrogen-bond acceptors (Lipinski definition) is 7. The van der Waals surface area contributed by atoms with Gasteiger partial charge in [-0.3, -0.25) is 14.5 Å². The number of pyridine rings is 1. The molecule has 1 aliphatic heterocycles. The van der Waals surface area contributed by atoms with Crippen molar-refractivity contribution < 1.29 is 23.9 Å². The monoisotopic (exact) mass is 541 g/mol. The van der Waals surface area contributed by atoms with Gasteiger partial charge in [-0.05, 0) is 48.9 Å². The first-order valence-electron chi connectivity index (χ1n) is 13.8. The Morgan fingerprint density at radius 2 is 1.60 bits per heavy atom. The van der Waals surface area contributed by atoms with E-state index in [0.717, 1.165) is 24.0 Å². The summed E-state index contributed by atoms with van der Waals surface area (Å²) < 4.78 is 11.0. The molecule has 8 nitrogen and oxygen atoms in total. The van der Waals surface area contributed by atoms with E-state index in [-0.39, 0.29) is 24.4 Å². The maximum Gasteiger partial charge on any atom is 0.332 e. The minimum Gasteiger partial charge on any atom is -0.467 e. The van der Waals surface area contributed by atoms with Crippen molar-refractivity contribution in [2.75, 3.05) is 31.6 Å². The molecule has 5 rings (SSSR count). The van der Waals surface area contributed by atoms with Crippen molar-refractivity contribution in [2.24, 2.45) is 5.92 Å². The highest BCUT2D eigenvalue weighted by Gasteiger charge is 2.53. The molecule has 1 atom stereocenters. The number of hydrogen-bond donors (Lipinski definition) is 0. The van der Waals surface area contributed by atoms with Crippen LogP contribution in [0.5, 0.6) is 0 Å². The van der Waals surface area contributed by atoms with Gasteiger partial charge in [-0.2, -0.15) is 0 Å². The fourth-order valence-electron chi connectivity index (χ4n) is 5.45. The van der Waals surface area contributed by atoms with Crippen LogP contribution in [0.3, 0.4) is 0 Å². The summed E-state index contributed by atoms with van der Waals surface area (Å²) in [7, 11) is 1.36. The average Bonchev–Trinajstić information content (AvgIpc) is 3.86. The zero-order valence-electron chi connectivity index (χ0n) is 22.8. The summed E-state index contributed by atoms with van der Waals surface area (Å²) in [5.41, 5.74) is 0.651. The molecule has 40 heavy (non-hydrogen) atoms. The molecule has 1 aromatic heterocycles. The lowest BCUT2D eigenvalue weighted by molar-refractivity contribution is -0.152. The topological polar surface area (TPSA) is 89.0 Å². The van der Waals surface area contributed by atoms with Crippen LogP contribution in [0.2, 0.25) is 0 Å². The summed E-state index contributed by atoms with van der Waals surface area (Å²) in [5.74, 6) is -0.930. The number of piperidine rings is 1. The molecule has 0 N–H and O–H groups in total. The van der Waals surface area contributed by atoms with Crippen molar-refractivity contribution in [3.63, 3.8) is 0 Å². The lowest BCUT2D eigenvalue weighted by Gasteiger charge is -2.46. The Hall–Kier alpha value is -4.04.